The third-order valence-electron chi connectivity index (χ3n) is 3.43. The van der Waals surface area contributed by atoms with Crippen molar-refractivity contribution in [2.24, 2.45) is 0 Å². The molecule has 0 bridgehead atoms. The first-order valence-corrected chi connectivity index (χ1v) is 6.55. The molecule has 21 heavy (non-hydrogen) atoms. The number of hydrogen-bond acceptors (Lipinski definition) is 4. The number of rotatable bonds is 2. The van der Waals surface area contributed by atoms with Gasteiger partial charge in [0.25, 0.3) is 0 Å². The monoisotopic (exact) mass is 292 g/mol. The maximum atomic E-state index is 13.1. The fourth-order valence-corrected chi connectivity index (χ4v) is 2.34. The molecule has 0 atom stereocenters. The molecule has 2 aromatic rings. The molecule has 0 radical (unpaired) electrons. The Morgan fingerprint density at radius 3 is 2.52 bits per heavy atom. The normalized spacial score (nSPS) is 15.2. The number of ether oxygens (including phenoxy) is 2. The van der Waals surface area contributed by atoms with Gasteiger partial charge in [0.05, 0.1) is 17.6 Å². The first kappa shape index (κ1) is 13.6. The Labute approximate surface area is 120 Å². The summed E-state index contributed by atoms with van der Waals surface area (Å²) < 4.78 is 35.1. The number of nitrogens with zero attached hydrogens (tertiary/aromatic N) is 1. The molecule has 0 spiro atoms. The molecule has 1 aromatic carbocycles. The summed E-state index contributed by atoms with van der Waals surface area (Å²) in [5.74, 6) is 0.0460. The van der Waals surface area contributed by atoms with Gasteiger partial charge in [0.1, 0.15) is 0 Å². The predicted octanol–water partition coefficient (Wildman–Crippen LogP) is 3.52. The lowest BCUT2D eigenvalue weighted by Gasteiger charge is -2.09. The second-order valence-electron chi connectivity index (χ2n) is 4.90. The van der Waals surface area contributed by atoms with Crippen LogP contribution in [0.25, 0.3) is 11.3 Å². The molecule has 1 aliphatic rings. The molecule has 4 nitrogen and oxygen atoms in total. The minimum absolute atomic E-state index is 0.0114. The standard InChI is InChI=1S/C15H14F2N2O2/c1-3-9-5-12(19-7-11(9)18)10-6-14-13(4-8(10)2)20-15(16,17)21-14/h4-7H,3,18H2,1-2H3. The average Bonchev–Trinajstić information content (AvgIpc) is 2.71. The topological polar surface area (TPSA) is 57.4 Å². The molecule has 0 saturated carbocycles. The van der Waals surface area contributed by atoms with E-state index in [9.17, 15) is 8.78 Å². The Hall–Kier alpha value is -2.37. The molecule has 2 heterocycles. The predicted molar refractivity (Wildman–Crippen MR) is 74.4 cm³/mol. The van der Waals surface area contributed by atoms with Gasteiger partial charge >= 0.3 is 6.29 Å². The van der Waals surface area contributed by atoms with E-state index >= 15 is 0 Å². The average molecular weight is 292 g/mol. The third-order valence-corrected chi connectivity index (χ3v) is 3.43. The number of fused-ring (bicyclic) bond motifs is 1. The number of alkyl halides is 2. The highest BCUT2D eigenvalue weighted by Gasteiger charge is 2.43. The number of anilines is 1. The van der Waals surface area contributed by atoms with Crippen molar-refractivity contribution in [1.29, 1.82) is 0 Å². The minimum Gasteiger partial charge on any atom is -0.397 e. The molecule has 1 aliphatic heterocycles. The van der Waals surface area contributed by atoms with Crippen molar-refractivity contribution in [3.8, 4) is 22.8 Å². The zero-order chi connectivity index (χ0) is 15.2. The van der Waals surface area contributed by atoms with Crippen LogP contribution in [0.2, 0.25) is 0 Å². The van der Waals surface area contributed by atoms with Crippen LogP contribution in [0.15, 0.2) is 24.4 Å². The fourth-order valence-electron chi connectivity index (χ4n) is 2.34. The van der Waals surface area contributed by atoms with Crippen molar-refractivity contribution in [3.05, 3.63) is 35.5 Å². The highest BCUT2D eigenvalue weighted by molar-refractivity contribution is 5.70. The van der Waals surface area contributed by atoms with Gasteiger partial charge in [-0.25, -0.2) is 0 Å². The Balaban J connectivity index is 2.08. The Morgan fingerprint density at radius 1 is 1.19 bits per heavy atom. The van der Waals surface area contributed by atoms with E-state index < -0.39 is 6.29 Å². The lowest BCUT2D eigenvalue weighted by molar-refractivity contribution is -0.286. The number of aryl methyl sites for hydroxylation is 2. The number of aromatic nitrogens is 1. The van der Waals surface area contributed by atoms with Gasteiger partial charge in [-0.3, -0.25) is 4.98 Å². The van der Waals surface area contributed by atoms with Crippen LogP contribution >= 0.6 is 0 Å². The summed E-state index contributed by atoms with van der Waals surface area (Å²) in [5.41, 5.74) is 9.56. The van der Waals surface area contributed by atoms with Crippen molar-refractivity contribution in [2.75, 3.05) is 5.73 Å². The SMILES string of the molecule is CCc1cc(-c2cc3c(cc2C)OC(F)(F)O3)ncc1N. The van der Waals surface area contributed by atoms with E-state index in [1.807, 2.05) is 13.0 Å². The largest absolute Gasteiger partial charge is 0.586 e. The summed E-state index contributed by atoms with van der Waals surface area (Å²) in [6, 6.07) is 4.90. The van der Waals surface area contributed by atoms with E-state index in [1.54, 1.807) is 13.1 Å². The van der Waals surface area contributed by atoms with Gasteiger partial charge < -0.3 is 15.2 Å². The van der Waals surface area contributed by atoms with Gasteiger partial charge in [-0.1, -0.05) is 6.92 Å². The van der Waals surface area contributed by atoms with Gasteiger partial charge in [0.2, 0.25) is 0 Å². The lowest BCUT2D eigenvalue weighted by Crippen LogP contribution is -2.25. The molecule has 0 fully saturated rings. The summed E-state index contributed by atoms with van der Waals surface area (Å²) in [6.07, 6.45) is -1.27. The highest BCUT2D eigenvalue weighted by atomic mass is 19.3. The third kappa shape index (κ3) is 2.37. The van der Waals surface area contributed by atoms with E-state index in [0.717, 1.165) is 17.5 Å². The second-order valence-corrected chi connectivity index (χ2v) is 4.90. The van der Waals surface area contributed by atoms with Crippen LogP contribution in [-0.4, -0.2) is 11.3 Å². The molecular formula is C15H14F2N2O2. The number of nitrogens with two attached hydrogens (primary N) is 1. The maximum Gasteiger partial charge on any atom is 0.586 e. The second kappa shape index (κ2) is 4.58. The van der Waals surface area contributed by atoms with E-state index in [2.05, 4.69) is 14.5 Å². The lowest BCUT2D eigenvalue weighted by atomic mass is 10.0. The van der Waals surface area contributed by atoms with Gasteiger partial charge in [-0.2, -0.15) is 0 Å². The number of benzene rings is 1. The van der Waals surface area contributed by atoms with Gasteiger partial charge in [0.15, 0.2) is 11.5 Å². The van der Waals surface area contributed by atoms with Crippen molar-refractivity contribution in [1.82, 2.24) is 4.98 Å². The molecule has 2 N–H and O–H groups in total. The van der Waals surface area contributed by atoms with Crippen molar-refractivity contribution in [3.63, 3.8) is 0 Å². The zero-order valence-electron chi connectivity index (χ0n) is 11.6. The fraction of sp³-hybridized carbons (Fsp3) is 0.267. The van der Waals surface area contributed by atoms with Crippen molar-refractivity contribution >= 4 is 5.69 Å². The summed E-state index contributed by atoms with van der Waals surface area (Å²) >= 11 is 0. The van der Waals surface area contributed by atoms with Crippen LogP contribution in [0.3, 0.4) is 0 Å². The van der Waals surface area contributed by atoms with Gasteiger partial charge in [0, 0.05) is 5.56 Å². The summed E-state index contributed by atoms with van der Waals surface area (Å²) in [6.45, 7) is 3.79. The molecule has 110 valence electrons. The molecule has 0 saturated heterocycles. The molecule has 0 unspecified atom stereocenters. The van der Waals surface area contributed by atoms with Crippen LogP contribution in [0.1, 0.15) is 18.1 Å². The molecule has 0 amide bonds. The number of nitrogen functional groups attached to an aromatic ring is 1. The molecule has 1 aromatic heterocycles. The van der Waals surface area contributed by atoms with Crippen LogP contribution in [0, 0.1) is 6.92 Å². The van der Waals surface area contributed by atoms with E-state index in [-0.39, 0.29) is 11.5 Å². The number of pyridine rings is 1. The van der Waals surface area contributed by atoms with Crippen LogP contribution in [0.5, 0.6) is 11.5 Å². The zero-order valence-corrected chi connectivity index (χ0v) is 11.6. The number of halogens is 2. The maximum absolute atomic E-state index is 13.1. The van der Waals surface area contributed by atoms with E-state index in [1.165, 1.54) is 12.1 Å². The van der Waals surface area contributed by atoms with E-state index in [0.29, 0.717) is 16.9 Å². The van der Waals surface area contributed by atoms with E-state index in [4.69, 9.17) is 5.73 Å². The minimum atomic E-state index is -3.61. The highest BCUT2D eigenvalue weighted by Crippen LogP contribution is 2.44. The first-order chi connectivity index (χ1) is 9.89. The Bertz CT molecular complexity index is 717. The van der Waals surface area contributed by atoms with Crippen LogP contribution in [-0.2, 0) is 6.42 Å². The summed E-state index contributed by atoms with van der Waals surface area (Å²) in [5, 5.41) is 0. The molecular weight excluding hydrogens is 278 g/mol. The first-order valence-electron chi connectivity index (χ1n) is 6.55. The van der Waals surface area contributed by atoms with Crippen LogP contribution in [0.4, 0.5) is 14.5 Å². The Kier molecular flexibility index (Phi) is 2.97. The van der Waals surface area contributed by atoms with Crippen molar-refractivity contribution in [2.45, 2.75) is 26.6 Å². The van der Waals surface area contributed by atoms with Crippen LogP contribution < -0.4 is 15.2 Å². The number of hydrogen-bond donors (Lipinski definition) is 1. The summed E-state index contributed by atoms with van der Waals surface area (Å²) in [7, 11) is 0. The Morgan fingerprint density at radius 2 is 1.86 bits per heavy atom. The smallest absolute Gasteiger partial charge is 0.397 e. The summed E-state index contributed by atoms with van der Waals surface area (Å²) in [4.78, 5) is 4.27. The molecule has 6 heteroatoms. The quantitative estimate of drug-likeness (QED) is 0.920. The van der Waals surface area contributed by atoms with Gasteiger partial charge in [-0.15, -0.1) is 8.78 Å². The van der Waals surface area contributed by atoms with Gasteiger partial charge in [-0.05, 0) is 42.7 Å². The molecule has 3 rings (SSSR count). The molecule has 0 aliphatic carbocycles. The van der Waals surface area contributed by atoms with Crippen molar-refractivity contribution < 1.29 is 18.3 Å².